The third kappa shape index (κ3) is 3.43. The zero-order valence-electron chi connectivity index (χ0n) is 24.2. The van der Waals surface area contributed by atoms with Crippen LogP contribution in [0, 0.1) is 0 Å². The van der Waals surface area contributed by atoms with Crippen molar-refractivity contribution in [1.29, 1.82) is 0 Å². The van der Waals surface area contributed by atoms with Gasteiger partial charge in [-0.15, -0.1) is 0 Å². The van der Waals surface area contributed by atoms with Gasteiger partial charge in [0.2, 0.25) is 0 Å². The van der Waals surface area contributed by atoms with Crippen LogP contribution in [0.2, 0.25) is 0 Å². The molecule has 0 saturated heterocycles. The Bertz CT molecular complexity index is 2370. The molecule has 0 spiro atoms. The van der Waals surface area contributed by atoms with Crippen LogP contribution < -0.4 is 0 Å². The fraction of sp³-hybridized carbons (Fsp3) is 0.0714. The van der Waals surface area contributed by atoms with Crippen molar-refractivity contribution in [3.63, 3.8) is 0 Å². The monoisotopic (exact) mass is 547 g/mol. The highest BCUT2D eigenvalue weighted by Crippen LogP contribution is 2.54. The van der Waals surface area contributed by atoms with Crippen molar-refractivity contribution < 1.29 is 0 Å². The minimum absolute atomic E-state index is 0.151. The molecule has 7 aromatic carbocycles. The SMILES string of the molecule is CC1(C)c2cc(-c3ccc(-c4cccc5ccccc45)nc3)ccc2-c2ccc3c4ccccc4c4ccccc4c3c21. The predicted molar refractivity (Wildman–Crippen MR) is 183 cm³/mol. The molecule has 0 amide bonds. The lowest BCUT2D eigenvalue weighted by Gasteiger charge is -2.25. The second-order valence-corrected chi connectivity index (χ2v) is 12.3. The topological polar surface area (TPSA) is 12.9 Å². The zero-order chi connectivity index (χ0) is 28.7. The number of nitrogens with zero attached hydrogens (tertiary/aromatic N) is 1. The molecule has 1 heterocycles. The van der Waals surface area contributed by atoms with E-state index in [1.54, 1.807) is 0 Å². The van der Waals surface area contributed by atoms with E-state index in [4.69, 9.17) is 4.98 Å². The lowest BCUT2D eigenvalue weighted by Crippen LogP contribution is -2.15. The first-order chi connectivity index (χ1) is 21.1. The standard InChI is InChI=1S/C42H29N/c1-42(2)38-24-27(28-19-23-39(43-25-28)34-17-9-11-26-10-3-4-12-29(26)34)18-20-33(38)37-22-21-36-32-15-6-5-13-30(32)31-14-7-8-16-35(31)40(36)41(37)42/h3-25H,1-2H3. The molecule has 0 atom stereocenters. The molecule has 0 aliphatic heterocycles. The van der Waals surface area contributed by atoms with Crippen molar-refractivity contribution >= 4 is 43.1 Å². The highest BCUT2D eigenvalue weighted by atomic mass is 14.7. The molecular weight excluding hydrogens is 518 g/mol. The molecule has 1 heteroatoms. The van der Waals surface area contributed by atoms with E-state index < -0.39 is 0 Å². The highest BCUT2D eigenvalue weighted by Gasteiger charge is 2.37. The van der Waals surface area contributed by atoms with Crippen LogP contribution in [0.15, 0.2) is 140 Å². The molecule has 1 aliphatic rings. The molecule has 9 rings (SSSR count). The molecule has 0 radical (unpaired) electrons. The molecule has 1 nitrogen and oxygen atoms in total. The smallest absolute Gasteiger partial charge is 0.0708 e. The van der Waals surface area contributed by atoms with Gasteiger partial charge in [-0.05, 0) is 83.0 Å². The third-order valence-corrected chi connectivity index (χ3v) is 9.68. The van der Waals surface area contributed by atoms with Crippen LogP contribution in [-0.2, 0) is 5.41 Å². The number of benzene rings is 7. The van der Waals surface area contributed by atoms with Crippen LogP contribution in [0.5, 0.6) is 0 Å². The van der Waals surface area contributed by atoms with Crippen LogP contribution in [0.25, 0.3) is 76.6 Å². The van der Waals surface area contributed by atoms with Crippen LogP contribution in [0.4, 0.5) is 0 Å². The summed E-state index contributed by atoms with van der Waals surface area (Å²) in [6.45, 7) is 4.79. The van der Waals surface area contributed by atoms with Crippen molar-refractivity contribution in [3.8, 4) is 33.5 Å². The van der Waals surface area contributed by atoms with Gasteiger partial charge in [0.05, 0.1) is 5.69 Å². The first-order valence-electron chi connectivity index (χ1n) is 15.1. The molecular formula is C42H29N. The summed E-state index contributed by atoms with van der Waals surface area (Å²) in [4.78, 5) is 4.95. The quantitative estimate of drug-likeness (QED) is 0.196. The maximum atomic E-state index is 4.95. The first kappa shape index (κ1) is 24.3. The summed E-state index contributed by atoms with van der Waals surface area (Å²) in [5.41, 5.74) is 9.86. The average Bonchev–Trinajstić information content (AvgIpc) is 3.30. The van der Waals surface area contributed by atoms with Gasteiger partial charge in [-0.25, -0.2) is 0 Å². The summed E-state index contributed by atoms with van der Waals surface area (Å²) in [6.07, 6.45) is 2.03. The number of hydrogen-bond acceptors (Lipinski definition) is 1. The summed E-state index contributed by atoms with van der Waals surface area (Å²) >= 11 is 0. The fourth-order valence-corrected chi connectivity index (χ4v) is 7.65. The van der Waals surface area contributed by atoms with Gasteiger partial charge >= 0.3 is 0 Å². The minimum Gasteiger partial charge on any atom is -0.256 e. The van der Waals surface area contributed by atoms with Crippen LogP contribution >= 0.6 is 0 Å². The first-order valence-corrected chi connectivity index (χ1v) is 15.1. The molecule has 8 aromatic rings. The van der Waals surface area contributed by atoms with Gasteiger partial charge in [-0.3, -0.25) is 4.98 Å². The molecule has 0 bridgehead atoms. The Morgan fingerprint density at radius 2 is 1.07 bits per heavy atom. The van der Waals surface area contributed by atoms with E-state index >= 15 is 0 Å². The van der Waals surface area contributed by atoms with Crippen LogP contribution in [0.3, 0.4) is 0 Å². The lowest BCUT2D eigenvalue weighted by atomic mass is 9.78. The van der Waals surface area contributed by atoms with Gasteiger partial charge in [0.15, 0.2) is 0 Å². The Kier molecular flexibility index (Phi) is 5.02. The highest BCUT2D eigenvalue weighted by molar-refractivity contribution is 6.27. The lowest BCUT2D eigenvalue weighted by molar-refractivity contribution is 0.667. The van der Waals surface area contributed by atoms with Crippen molar-refractivity contribution in [2.45, 2.75) is 19.3 Å². The maximum Gasteiger partial charge on any atom is 0.0708 e. The van der Waals surface area contributed by atoms with Gasteiger partial charge in [-0.2, -0.15) is 0 Å². The van der Waals surface area contributed by atoms with Crippen molar-refractivity contribution in [3.05, 3.63) is 151 Å². The Balaban J connectivity index is 1.20. The van der Waals surface area contributed by atoms with Crippen LogP contribution in [0.1, 0.15) is 25.0 Å². The molecule has 1 aromatic heterocycles. The maximum absolute atomic E-state index is 4.95. The molecule has 0 unspecified atom stereocenters. The second kappa shape index (κ2) is 8.86. The van der Waals surface area contributed by atoms with Crippen molar-refractivity contribution in [1.82, 2.24) is 4.98 Å². The second-order valence-electron chi connectivity index (χ2n) is 12.3. The van der Waals surface area contributed by atoms with E-state index in [0.29, 0.717) is 0 Å². The summed E-state index contributed by atoms with van der Waals surface area (Å²) in [7, 11) is 0. The molecule has 0 saturated carbocycles. The molecule has 0 N–H and O–H groups in total. The Hall–Kier alpha value is -5.27. The van der Waals surface area contributed by atoms with E-state index in [1.807, 2.05) is 6.20 Å². The van der Waals surface area contributed by atoms with E-state index in [2.05, 4.69) is 147 Å². The molecule has 43 heavy (non-hydrogen) atoms. The summed E-state index contributed by atoms with van der Waals surface area (Å²) in [6, 6.07) is 48.8. The van der Waals surface area contributed by atoms with Gasteiger partial charge in [0, 0.05) is 22.7 Å². The Morgan fingerprint density at radius 1 is 0.465 bits per heavy atom. The molecule has 0 fully saturated rings. The van der Waals surface area contributed by atoms with Gasteiger partial charge in [0.1, 0.15) is 0 Å². The Labute approximate surface area is 251 Å². The van der Waals surface area contributed by atoms with Crippen LogP contribution in [-0.4, -0.2) is 4.98 Å². The normalized spacial score (nSPS) is 13.5. The summed E-state index contributed by atoms with van der Waals surface area (Å²) in [5, 5.41) is 10.5. The fourth-order valence-electron chi connectivity index (χ4n) is 7.65. The van der Waals surface area contributed by atoms with E-state index in [-0.39, 0.29) is 5.41 Å². The van der Waals surface area contributed by atoms with Crippen molar-refractivity contribution in [2.75, 3.05) is 0 Å². The zero-order valence-corrected chi connectivity index (χ0v) is 24.2. The van der Waals surface area contributed by atoms with Gasteiger partial charge in [-0.1, -0.05) is 135 Å². The third-order valence-electron chi connectivity index (χ3n) is 9.68. The molecule has 1 aliphatic carbocycles. The number of hydrogen-bond donors (Lipinski definition) is 0. The average molecular weight is 548 g/mol. The molecule has 202 valence electrons. The summed E-state index contributed by atoms with van der Waals surface area (Å²) in [5.74, 6) is 0. The van der Waals surface area contributed by atoms with Gasteiger partial charge in [0.25, 0.3) is 0 Å². The minimum atomic E-state index is -0.151. The number of fused-ring (bicyclic) bond motifs is 11. The number of rotatable bonds is 2. The summed E-state index contributed by atoms with van der Waals surface area (Å²) < 4.78 is 0. The van der Waals surface area contributed by atoms with Gasteiger partial charge < -0.3 is 0 Å². The Morgan fingerprint density at radius 3 is 1.81 bits per heavy atom. The van der Waals surface area contributed by atoms with E-state index in [9.17, 15) is 0 Å². The number of aromatic nitrogens is 1. The predicted octanol–water partition coefficient (Wildman–Crippen LogP) is 11.3. The van der Waals surface area contributed by atoms with E-state index in [0.717, 1.165) is 11.3 Å². The van der Waals surface area contributed by atoms with E-state index in [1.165, 1.54) is 76.5 Å². The van der Waals surface area contributed by atoms with Crippen molar-refractivity contribution in [2.24, 2.45) is 0 Å². The largest absolute Gasteiger partial charge is 0.256 e. The number of pyridine rings is 1.